The zero-order valence-electron chi connectivity index (χ0n) is 14.3. The maximum Gasteiger partial charge on any atom is 0.573 e. The van der Waals surface area contributed by atoms with Crippen LogP contribution in [-0.2, 0) is 11.3 Å². The Morgan fingerprint density at radius 2 is 1.76 bits per heavy atom. The molecule has 0 spiro atoms. The van der Waals surface area contributed by atoms with Crippen LogP contribution in [-0.4, -0.2) is 61.6 Å². The minimum atomic E-state index is -4.64. The standard InChI is InChI=1S/C18H25F3N2O2/c19-18(20,21)25-17-6-4-15(5-7-17)13-23-8-2-1-3-16(23)14-22-9-11-24-12-10-22/h4-7,16H,1-3,8-14H2/t16-/m0/s1. The van der Waals surface area contributed by atoms with E-state index < -0.39 is 6.36 Å². The molecular weight excluding hydrogens is 333 g/mol. The molecule has 0 saturated carbocycles. The van der Waals surface area contributed by atoms with Crippen LogP contribution in [0, 0.1) is 0 Å². The smallest absolute Gasteiger partial charge is 0.406 e. The van der Waals surface area contributed by atoms with Gasteiger partial charge in [-0.15, -0.1) is 13.2 Å². The van der Waals surface area contributed by atoms with Crippen LogP contribution in [0.3, 0.4) is 0 Å². The van der Waals surface area contributed by atoms with Gasteiger partial charge in [0.25, 0.3) is 0 Å². The van der Waals surface area contributed by atoms with Crippen molar-refractivity contribution in [2.24, 2.45) is 0 Å². The minimum Gasteiger partial charge on any atom is -0.406 e. The second-order valence-electron chi connectivity index (χ2n) is 6.72. The van der Waals surface area contributed by atoms with Gasteiger partial charge < -0.3 is 9.47 Å². The molecule has 4 nitrogen and oxygen atoms in total. The van der Waals surface area contributed by atoms with Crippen LogP contribution in [0.4, 0.5) is 13.2 Å². The summed E-state index contributed by atoms with van der Waals surface area (Å²) in [6.07, 6.45) is -1.05. The van der Waals surface area contributed by atoms with E-state index in [9.17, 15) is 13.2 Å². The van der Waals surface area contributed by atoms with Crippen LogP contribution >= 0.6 is 0 Å². The quantitative estimate of drug-likeness (QED) is 0.807. The third-order valence-corrected chi connectivity index (χ3v) is 4.86. The summed E-state index contributed by atoms with van der Waals surface area (Å²) in [7, 11) is 0. The second kappa shape index (κ2) is 8.38. The number of ether oxygens (including phenoxy) is 2. The van der Waals surface area contributed by atoms with E-state index in [2.05, 4.69) is 14.5 Å². The third kappa shape index (κ3) is 5.87. The summed E-state index contributed by atoms with van der Waals surface area (Å²) in [4.78, 5) is 4.91. The molecule has 2 fully saturated rings. The van der Waals surface area contributed by atoms with Crippen LogP contribution in [0.5, 0.6) is 5.75 Å². The SMILES string of the molecule is FC(F)(F)Oc1ccc(CN2CCCC[C@H]2CN2CCOCC2)cc1. The molecule has 2 aliphatic heterocycles. The molecule has 7 heteroatoms. The van der Waals surface area contributed by atoms with Crippen LogP contribution in [0.15, 0.2) is 24.3 Å². The minimum absolute atomic E-state index is 0.167. The van der Waals surface area contributed by atoms with E-state index >= 15 is 0 Å². The summed E-state index contributed by atoms with van der Waals surface area (Å²) in [6.45, 7) is 6.40. The van der Waals surface area contributed by atoms with Gasteiger partial charge in [-0.25, -0.2) is 0 Å². The van der Waals surface area contributed by atoms with Gasteiger partial charge in [-0.1, -0.05) is 18.6 Å². The summed E-state index contributed by atoms with van der Waals surface area (Å²) < 4.78 is 46.1. The van der Waals surface area contributed by atoms with E-state index in [0.717, 1.165) is 51.5 Å². The molecular formula is C18H25F3N2O2. The maximum absolute atomic E-state index is 12.2. The monoisotopic (exact) mass is 358 g/mol. The Morgan fingerprint density at radius 1 is 1.04 bits per heavy atom. The molecule has 2 heterocycles. The van der Waals surface area contributed by atoms with Crippen molar-refractivity contribution in [2.75, 3.05) is 39.4 Å². The van der Waals surface area contributed by atoms with Crippen molar-refractivity contribution in [3.05, 3.63) is 29.8 Å². The zero-order chi connectivity index (χ0) is 17.7. The number of halogens is 3. The Hall–Kier alpha value is -1.31. The van der Waals surface area contributed by atoms with E-state index in [1.807, 2.05) is 0 Å². The van der Waals surface area contributed by atoms with Crippen molar-refractivity contribution in [3.63, 3.8) is 0 Å². The normalized spacial score (nSPS) is 23.6. The van der Waals surface area contributed by atoms with E-state index in [1.165, 1.54) is 31.4 Å². The van der Waals surface area contributed by atoms with Crippen molar-refractivity contribution in [3.8, 4) is 5.75 Å². The predicted molar refractivity (Wildman–Crippen MR) is 88.4 cm³/mol. The highest BCUT2D eigenvalue weighted by molar-refractivity contribution is 5.27. The predicted octanol–water partition coefficient (Wildman–Crippen LogP) is 3.27. The summed E-state index contributed by atoms with van der Waals surface area (Å²) in [5.74, 6) is -0.167. The molecule has 0 amide bonds. The van der Waals surface area contributed by atoms with Gasteiger partial charge in [0, 0.05) is 32.2 Å². The molecule has 2 aliphatic rings. The lowest BCUT2D eigenvalue weighted by Gasteiger charge is -2.39. The lowest BCUT2D eigenvalue weighted by Crippen LogP contribution is -2.49. The van der Waals surface area contributed by atoms with Crippen molar-refractivity contribution in [1.29, 1.82) is 0 Å². The number of alkyl halides is 3. The molecule has 0 aliphatic carbocycles. The largest absolute Gasteiger partial charge is 0.573 e. The van der Waals surface area contributed by atoms with Gasteiger partial charge in [0.2, 0.25) is 0 Å². The van der Waals surface area contributed by atoms with Gasteiger partial charge in [0.05, 0.1) is 13.2 Å². The average Bonchev–Trinajstić information content (AvgIpc) is 2.58. The zero-order valence-corrected chi connectivity index (χ0v) is 14.3. The third-order valence-electron chi connectivity index (χ3n) is 4.86. The first-order valence-electron chi connectivity index (χ1n) is 8.88. The fourth-order valence-electron chi connectivity index (χ4n) is 3.59. The molecule has 1 aromatic rings. The number of likely N-dealkylation sites (tertiary alicyclic amines) is 1. The number of morpholine rings is 1. The molecule has 0 N–H and O–H groups in total. The van der Waals surface area contributed by atoms with E-state index in [-0.39, 0.29) is 5.75 Å². The Balaban J connectivity index is 1.57. The van der Waals surface area contributed by atoms with Crippen LogP contribution < -0.4 is 4.74 Å². The number of hydrogen-bond donors (Lipinski definition) is 0. The molecule has 140 valence electrons. The summed E-state index contributed by atoms with van der Waals surface area (Å²) in [6, 6.07) is 6.73. The fraction of sp³-hybridized carbons (Fsp3) is 0.667. The van der Waals surface area contributed by atoms with E-state index in [1.54, 1.807) is 12.1 Å². The fourth-order valence-corrected chi connectivity index (χ4v) is 3.59. The molecule has 0 aromatic heterocycles. The molecule has 0 unspecified atom stereocenters. The number of piperidine rings is 1. The highest BCUT2D eigenvalue weighted by Gasteiger charge is 2.31. The van der Waals surface area contributed by atoms with E-state index in [4.69, 9.17) is 4.74 Å². The number of nitrogens with zero attached hydrogens (tertiary/aromatic N) is 2. The topological polar surface area (TPSA) is 24.9 Å². The average molecular weight is 358 g/mol. The Labute approximate surface area is 146 Å². The Bertz CT molecular complexity index is 530. The van der Waals surface area contributed by atoms with E-state index in [0.29, 0.717) is 6.04 Å². The Kier molecular flexibility index (Phi) is 6.19. The molecule has 3 rings (SSSR count). The molecule has 0 bridgehead atoms. The lowest BCUT2D eigenvalue weighted by atomic mass is 10.0. The summed E-state index contributed by atoms with van der Waals surface area (Å²) in [5, 5.41) is 0. The summed E-state index contributed by atoms with van der Waals surface area (Å²) in [5.41, 5.74) is 1.02. The van der Waals surface area contributed by atoms with Crippen LogP contribution in [0.2, 0.25) is 0 Å². The Morgan fingerprint density at radius 3 is 2.44 bits per heavy atom. The van der Waals surface area contributed by atoms with Crippen LogP contribution in [0.25, 0.3) is 0 Å². The summed E-state index contributed by atoms with van der Waals surface area (Å²) >= 11 is 0. The molecule has 0 radical (unpaired) electrons. The first kappa shape index (κ1) is 18.5. The van der Waals surface area contributed by atoms with Gasteiger partial charge in [0.15, 0.2) is 0 Å². The highest BCUT2D eigenvalue weighted by atomic mass is 19.4. The van der Waals surface area contributed by atoms with Crippen molar-refractivity contribution < 1.29 is 22.6 Å². The molecule has 1 atom stereocenters. The van der Waals surface area contributed by atoms with Gasteiger partial charge >= 0.3 is 6.36 Å². The second-order valence-corrected chi connectivity index (χ2v) is 6.72. The number of benzene rings is 1. The van der Waals surface area contributed by atoms with Gasteiger partial charge in [-0.2, -0.15) is 0 Å². The van der Waals surface area contributed by atoms with Gasteiger partial charge in [0.1, 0.15) is 5.75 Å². The number of rotatable bonds is 5. The highest BCUT2D eigenvalue weighted by Crippen LogP contribution is 2.25. The van der Waals surface area contributed by atoms with Crippen molar-refractivity contribution in [1.82, 2.24) is 9.80 Å². The first-order chi connectivity index (χ1) is 12.0. The van der Waals surface area contributed by atoms with Crippen LogP contribution in [0.1, 0.15) is 24.8 Å². The number of hydrogen-bond acceptors (Lipinski definition) is 4. The van der Waals surface area contributed by atoms with Crippen molar-refractivity contribution in [2.45, 2.75) is 38.2 Å². The van der Waals surface area contributed by atoms with Crippen molar-refractivity contribution >= 4 is 0 Å². The first-order valence-corrected chi connectivity index (χ1v) is 8.88. The molecule has 1 aromatic carbocycles. The maximum atomic E-state index is 12.2. The molecule has 2 saturated heterocycles. The molecule has 25 heavy (non-hydrogen) atoms. The van der Waals surface area contributed by atoms with Gasteiger partial charge in [-0.05, 0) is 37.1 Å². The van der Waals surface area contributed by atoms with Gasteiger partial charge in [-0.3, -0.25) is 9.80 Å². The lowest BCUT2D eigenvalue weighted by molar-refractivity contribution is -0.274.